The van der Waals surface area contributed by atoms with Gasteiger partial charge in [0.1, 0.15) is 0 Å². The first-order valence-electron chi connectivity index (χ1n) is 5.91. The van der Waals surface area contributed by atoms with Gasteiger partial charge in [-0.05, 0) is 49.4 Å². The molecule has 2 rings (SSSR count). The average molecular weight is 240 g/mol. The summed E-state index contributed by atoms with van der Waals surface area (Å²) >= 11 is 5.87. The molecular weight excluding hydrogens is 222 g/mol. The minimum atomic E-state index is 0.325. The van der Waals surface area contributed by atoms with Crippen LogP contribution in [0.3, 0.4) is 0 Å². The Morgan fingerprint density at radius 1 is 1.19 bits per heavy atom. The summed E-state index contributed by atoms with van der Waals surface area (Å²) in [6.45, 7) is 2.50. The maximum absolute atomic E-state index is 8.90. The third kappa shape index (κ3) is 2.89. The smallest absolute Gasteiger partial charge is 0.0433 e. The lowest BCUT2D eigenvalue weighted by molar-refractivity contribution is 0.240. The number of hydrogen-bond donors (Lipinski definition) is 1. The van der Waals surface area contributed by atoms with Crippen LogP contribution < -0.4 is 4.90 Å². The topological polar surface area (TPSA) is 23.5 Å². The van der Waals surface area contributed by atoms with Crippen molar-refractivity contribution < 1.29 is 5.11 Å². The third-order valence-corrected chi connectivity index (χ3v) is 3.60. The lowest BCUT2D eigenvalue weighted by Crippen LogP contribution is -2.33. The maximum atomic E-state index is 8.90. The first kappa shape index (κ1) is 11.7. The van der Waals surface area contributed by atoms with Gasteiger partial charge in [0.2, 0.25) is 0 Å². The highest BCUT2D eigenvalue weighted by Crippen LogP contribution is 2.25. The molecule has 0 unspecified atom stereocenters. The predicted octanol–water partition coefficient (Wildman–Crippen LogP) is 2.94. The van der Waals surface area contributed by atoms with Crippen LogP contribution in [0.4, 0.5) is 5.69 Å². The van der Waals surface area contributed by atoms with Crippen molar-refractivity contribution in [3.8, 4) is 0 Å². The second-order valence-corrected chi connectivity index (χ2v) is 4.86. The largest absolute Gasteiger partial charge is 0.396 e. The number of benzene rings is 1. The summed E-state index contributed by atoms with van der Waals surface area (Å²) in [5.74, 6) is 0.702. The fourth-order valence-corrected chi connectivity index (χ4v) is 2.44. The zero-order valence-electron chi connectivity index (χ0n) is 9.40. The highest BCUT2D eigenvalue weighted by Gasteiger charge is 2.18. The molecule has 0 radical (unpaired) electrons. The number of rotatable bonds is 3. The SMILES string of the molecule is OCCC1CCN(c2ccc(Cl)cc2)CC1. The van der Waals surface area contributed by atoms with Gasteiger partial charge in [0.25, 0.3) is 0 Å². The van der Waals surface area contributed by atoms with Gasteiger partial charge >= 0.3 is 0 Å². The van der Waals surface area contributed by atoms with E-state index >= 15 is 0 Å². The fourth-order valence-electron chi connectivity index (χ4n) is 2.31. The van der Waals surface area contributed by atoms with Crippen LogP contribution in [0, 0.1) is 5.92 Å². The van der Waals surface area contributed by atoms with Gasteiger partial charge < -0.3 is 10.0 Å². The summed E-state index contributed by atoms with van der Waals surface area (Å²) in [4.78, 5) is 2.39. The second kappa shape index (κ2) is 5.55. The highest BCUT2D eigenvalue weighted by molar-refractivity contribution is 6.30. The molecule has 1 aromatic carbocycles. The minimum absolute atomic E-state index is 0.325. The summed E-state index contributed by atoms with van der Waals surface area (Å²) in [6, 6.07) is 8.04. The van der Waals surface area contributed by atoms with E-state index in [1.165, 1.54) is 18.5 Å². The monoisotopic (exact) mass is 239 g/mol. The van der Waals surface area contributed by atoms with E-state index in [0.717, 1.165) is 24.5 Å². The van der Waals surface area contributed by atoms with Crippen molar-refractivity contribution in [1.29, 1.82) is 0 Å². The van der Waals surface area contributed by atoms with Crippen LogP contribution in [0.2, 0.25) is 5.02 Å². The molecule has 0 atom stereocenters. The Labute approximate surface area is 102 Å². The lowest BCUT2D eigenvalue weighted by atomic mass is 9.94. The molecule has 1 fully saturated rings. The Hall–Kier alpha value is -0.730. The first-order valence-corrected chi connectivity index (χ1v) is 6.29. The van der Waals surface area contributed by atoms with E-state index in [9.17, 15) is 0 Å². The molecule has 0 saturated carbocycles. The molecule has 1 heterocycles. The Bertz CT molecular complexity index is 317. The van der Waals surface area contributed by atoms with Crippen molar-refractivity contribution in [3.63, 3.8) is 0 Å². The quantitative estimate of drug-likeness (QED) is 0.877. The van der Waals surface area contributed by atoms with Gasteiger partial charge in [0.05, 0.1) is 0 Å². The van der Waals surface area contributed by atoms with E-state index in [4.69, 9.17) is 16.7 Å². The number of aliphatic hydroxyl groups excluding tert-OH is 1. The zero-order valence-corrected chi connectivity index (χ0v) is 10.2. The summed E-state index contributed by atoms with van der Waals surface area (Å²) in [7, 11) is 0. The van der Waals surface area contributed by atoms with Crippen LogP contribution in [-0.2, 0) is 0 Å². The van der Waals surface area contributed by atoms with Crippen LogP contribution in [0.15, 0.2) is 24.3 Å². The van der Waals surface area contributed by atoms with Crippen molar-refractivity contribution in [2.45, 2.75) is 19.3 Å². The number of hydrogen-bond acceptors (Lipinski definition) is 2. The summed E-state index contributed by atoms with van der Waals surface area (Å²) in [5, 5.41) is 9.69. The molecule has 0 bridgehead atoms. The fraction of sp³-hybridized carbons (Fsp3) is 0.538. The molecule has 0 aliphatic carbocycles. The normalized spacial score (nSPS) is 17.8. The summed E-state index contributed by atoms with van der Waals surface area (Å²) < 4.78 is 0. The predicted molar refractivity (Wildman–Crippen MR) is 68.1 cm³/mol. The Kier molecular flexibility index (Phi) is 4.08. The standard InChI is InChI=1S/C13H18ClNO/c14-12-1-3-13(4-2-12)15-8-5-11(6-9-15)7-10-16/h1-4,11,16H,5-10H2. The molecule has 1 aliphatic heterocycles. The molecular formula is C13H18ClNO. The van der Waals surface area contributed by atoms with E-state index in [-0.39, 0.29) is 0 Å². The molecule has 2 nitrogen and oxygen atoms in total. The Balaban J connectivity index is 1.91. The molecule has 0 spiro atoms. The van der Waals surface area contributed by atoms with Crippen LogP contribution in [0.25, 0.3) is 0 Å². The number of halogens is 1. The molecule has 88 valence electrons. The van der Waals surface area contributed by atoms with Crippen LogP contribution in [-0.4, -0.2) is 24.8 Å². The highest BCUT2D eigenvalue weighted by atomic mass is 35.5. The van der Waals surface area contributed by atoms with E-state index < -0.39 is 0 Å². The van der Waals surface area contributed by atoms with E-state index in [1.807, 2.05) is 12.1 Å². The summed E-state index contributed by atoms with van der Waals surface area (Å²) in [5.41, 5.74) is 1.26. The van der Waals surface area contributed by atoms with Crippen molar-refractivity contribution in [2.75, 3.05) is 24.6 Å². The maximum Gasteiger partial charge on any atom is 0.0433 e. The molecule has 0 aromatic heterocycles. The molecule has 3 heteroatoms. The molecule has 1 aliphatic rings. The van der Waals surface area contributed by atoms with Crippen LogP contribution in [0.5, 0.6) is 0 Å². The van der Waals surface area contributed by atoms with Gasteiger partial charge in [0.15, 0.2) is 0 Å². The zero-order chi connectivity index (χ0) is 11.4. The first-order chi connectivity index (χ1) is 7.79. The third-order valence-electron chi connectivity index (χ3n) is 3.34. The van der Waals surface area contributed by atoms with Gasteiger partial charge in [-0.15, -0.1) is 0 Å². The Morgan fingerprint density at radius 3 is 2.38 bits per heavy atom. The van der Waals surface area contributed by atoms with Crippen LogP contribution in [0.1, 0.15) is 19.3 Å². The van der Waals surface area contributed by atoms with Crippen LogP contribution >= 0.6 is 11.6 Å². The van der Waals surface area contributed by atoms with Gasteiger partial charge in [-0.1, -0.05) is 11.6 Å². The van der Waals surface area contributed by atoms with Gasteiger partial charge in [-0.3, -0.25) is 0 Å². The molecule has 16 heavy (non-hydrogen) atoms. The van der Waals surface area contributed by atoms with E-state index in [1.54, 1.807) is 0 Å². The molecule has 1 N–H and O–H groups in total. The molecule has 1 saturated heterocycles. The van der Waals surface area contributed by atoms with Crippen molar-refractivity contribution in [1.82, 2.24) is 0 Å². The molecule has 1 aromatic rings. The number of aliphatic hydroxyl groups is 1. The average Bonchev–Trinajstić information content (AvgIpc) is 2.32. The Morgan fingerprint density at radius 2 is 1.81 bits per heavy atom. The van der Waals surface area contributed by atoms with E-state index in [0.29, 0.717) is 12.5 Å². The van der Waals surface area contributed by atoms with Crippen molar-refractivity contribution >= 4 is 17.3 Å². The van der Waals surface area contributed by atoms with Gasteiger partial charge in [-0.2, -0.15) is 0 Å². The van der Waals surface area contributed by atoms with Crippen molar-refractivity contribution in [2.24, 2.45) is 5.92 Å². The summed E-state index contributed by atoms with van der Waals surface area (Å²) in [6.07, 6.45) is 3.32. The minimum Gasteiger partial charge on any atom is -0.396 e. The second-order valence-electron chi connectivity index (χ2n) is 4.42. The lowest BCUT2D eigenvalue weighted by Gasteiger charge is -2.33. The van der Waals surface area contributed by atoms with Gasteiger partial charge in [0, 0.05) is 30.4 Å². The number of piperidine rings is 1. The number of anilines is 1. The molecule has 0 amide bonds. The number of nitrogens with zero attached hydrogens (tertiary/aromatic N) is 1. The van der Waals surface area contributed by atoms with Crippen molar-refractivity contribution in [3.05, 3.63) is 29.3 Å². The van der Waals surface area contributed by atoms with E-state index in [2.05, 4.69) is 17.0 Å². The van der Waals surface area contributed by atoms with Gasteiger partial charge in [-0.25, -0.2) is 0 Å².